The van der Waals surface area contributed by atoms with Crippen molar-refractivity contribution in [1.82, 2.24) is 9.97 Å². The second-order valence-corrected chi connectivity index (χ2v) is 5.03. The summed E-state index contributed by atoms with van der Waals surface area (Å²) in [5, 5.41) is 3.17. The van der Waals surface area contributed by atoms with Gasteiger partial charge in [0.2, 0.25) is 0 Å². The summed E-state index contributed by atoms with van der Waals surface area (Å²) in [5.74, 6) is 2.92. The van der Waals surface area contributed by atoms with Crippen LogP contribution in [0.25, 0.3) is 0 Å². The summed E-state index contributed by atoms with van der Waals surface area (Å²) in [6.07, 6.45) is 3.37. The zero-order valence-corrected chi connectivity index (χ0v) is 12.4. The van der Waals surface area contributed by atoms with Crippen LogP contribution in [0.15, 0.2) is 0 Å². The van der Waals surface area contributed by atoms with Crippen LogP contribution in [0.2, 0.25) is 0 Å². The van der Waals surface area contributed by atoms with Gasteiger partial charge in [0, 0.05) is 39.2 Å². The minimum absolute atomic E-state index is 0.321. The standard InChI is InChI=1S/C14H24N4O/c1-5-6-12-16-13(15-3)10(2)14(17-12)18-8-7-11(9-18)19-4/h11H,5-9H2,1-4H3,(H,15,16,17). The highest BCUT2D eigenvalue weighted by Gasteiger charge is 2.25. The first-order chi connectivity index (χ1) is 9.19. The predicted octanol–water partition coefficient (Wildman–Crippen LogP) is 2.00. The third kappa shape index (κ3) is 2.97. The van der Waals surface area contributed by atoms with E-state index < -0.39 is 0 Å². The Kier molecular flexibility index (Phi) is 4.58. The molecule has 0 bridgehead atoms. The van der Waals surface area contributed by atoms with Crippen LogP contribution >= 0.6 is 0 Å². The second kappa shape index (κ2) is 6.19. The van der Waals surface area contributed by atoms with E-state index in [-0.39, 0.29) is 0 Å². The summed E-state index contributed by atoms with van der Waals surface area (Å²) in [7, 11) is 3.69. The summed E-state index contributed by atoms with van der Waals surface area (Å²) in [6.45, 7) is 6.16. The Morgan fingerprint density at radius 2 is 2.21 bits per heavy atom. The van der Waals surface area contributed by atoms with Crippen LogP contribution in [-0.2, 0) is 11.2 Å². The largest absolute Gasteiger partial charge is 0.380 e. The normalized spacial score (nSPS) is 18.9. The quantitative estimate of drug-likeness (QED) is 0.881. The van der Waals surface area contributed by atoms with Crippen molar-refractivity contribution in [1.29, 1.82) is 0 Å². The maximum absolute atomic E-state index is 5.44. The minimum atomic E-state index is 0.321. The van der Waals surface area contributed by atoms with E-state index >= 15 is 0 Å². The van der Waals surface area contributed by atoms with E-state index in [1.807, 2.05) is 7.05 Å². The van der Waals surface area contributed by atoms with E-state index in [1.54, 1.807) is 7.11 Å². The lowest BCUT2D eigenvalue weighted by Crippen LogP contribution is -2.25. The molecule has 1 aliphatic rings. The molecule has 5 heteroatoms. The smallest absolute Gasteiger partial charge is 0.137 e. The molecular formula is C14H24N4O. The van der Waals surface area contributed by atoms with Crippen LogP contribution < -0.4 is 10.2 Å². The summed E-state index contributed by atoms with van der Waals surface area (Å²) in [6, 6.07) is 0. The first-order valence-corrected chi connectivity index (χ1v) is 7.02. The molecule has 1 aliphatic heterocycles. The van der Waals surface area contributed by atoms with Crippen molar-refractivity contribution in [3.8, 4) is 0 Å². The average molecular weight is 264 g/mol. The van der Waals surface area contributed by atoms with E-state index in [0.29, 0.717) is 6.10 Å². The van der Waals surface area contributed by atoms with Crippen molar-refractivity contribution in [2.24, 2.45) is 0 Å². The van der Waals surface area contributed by atoms with Gasteiger partial charge in [0.25, 0.3) is 0 Å². The molecule has 1 saturated heterocycles. The number of nitrogens with zero attached hydrogens (tertiary/aromatic N) is 3. The average Bonchev–Trinajstić information content (AvgIpc) is 2.89. The highest BCUT2D eigenvalue weighted by atomic mass is 16.5. The van der Waals surface area contributed by atoms with Crippen molar-refractivity contribution in [3.63, 3.8) is 0 Å². The molecular weight excluding hydrogens is 240 g/mol. The molecule has 2 heterocycles. The van der Waals surface area contributed by atoms with Crippen molar-refractivity contribution in [2.45, 2.75) is 39.2 Å². The van der Waals surface area contributed by atoms with Crippen LogP contribution in [0.4, 0.5) is 11.6 Å². The zero-order valence-electron chi connectivity index (χ0n) is 12.4. The van der Waals surface area contributed by atoms with Gasteiger partial charge in [0.1, 0.15) is 17.5 Å². The van der Waals surface area contributed by atoms with Gasteiger partial charge in [-0.2, -0.15) is 0 Å². The summed E-state index contributed by atoms with van der Waals surface area (Å²) < 4.78 is 5.44. The van der Waals surface area contributed by atoms with E-state index in [0.717, 1.165) is 55.4 Å². The molecule has 1 aromatic rings. The van der Waals surface area contributed by atoms with Gasteiger partial charge in [0.15, 0.2) is 0 Å². The highest BCUT2D eigenvalue weighted by molar-refractivity contribution is 5.59. The number of anilines is 2. The summed E-state index contributed by atoms with van der Waals surface area (Å²) in [4.78, 5) is 11.6. The van der Waals surface area contributed by atoms with Crippen LogP contribution in [0.3, 0.4) is 0 Å². The Morgan fingerprint density at radius 3 is 2.79 bits per heavy atom. The molecule has 0 aromatic carbocycles. The number of ether oxygens (including phenoxy) is 1. The second-order valence-electron chi connectivity index (χ2n) is 5.03. The Labute approximate surface area is 115 Å². The molecule has 1 N–H and O–H groups in total. The fourth-order valence-corrected chi connectivity index (χ4v) is 2.55. The third-order valence-electron chi connectivity index (χ3n) is 3.65. The molecule has 106 valence electrons. The van der Waals surface area contributed by atoms with Crippen LogP contribution in [-0.4, -0.2) is 43.3 Å². The fraction of sp³-hybridized carbons (Fsp3) is 0.714. The lowest BCUT2D eigenvalue weighted by Gasteiger charge is -2.21. The molecule has 1 atom stereocenters. The van der Waals surface area contributed by atoms with Gasteiger partial charge >= 0.3 is 0 Å². The molecule has 0 aliphatic carbocycles. The fourth-order valence-electron chi connectivity index (χ4n) is 2.55. The van der Waals surface area contributed by atoms with Gasteiger partial charge in [-0.05, 0) is 19.8 Å². The number of aromatic nitrogens is 2. The molecule has 2 rings (SSSR count). The summed E-state index contributed by atoms with van der Waals surface area (Å²) >= 11 is 0. The number of hydrogen-bond acceptors (Lipinski definition) is 5. The van der Waals surface area contributed by atoms with Crippen molar-refractivity contribution < 1.29 is 4.74 Å². The maximum Gasteiger partial charge on any atom is 0.137 e. The molecule has 0 saturated carbocycles. The molecule has 0 radical (unpaired) electrons. The van der Waals surface area contributed by atoms with Crippen molar-refractivity contribution >= 4 is 11.6 Å². The zero-order chi connectivity index (χ0) is 13.8. The predicted molar refractivity (Wildman–Crippen MR) is 77.9 cm³/mol. The van der Waals surface area contributed by atoms with Gasteiger partial charge in [-0.1, -0.05) is 6.92 Å². The van der Waals surface area contributed by atoms with Gasteiger partial charge in [-0.3, -0.25) is 0 Å². The van der Waals surface area contributed by atoms with E-state index in [4.69, 9.17) is 9.72 Å². The molecule has 1 fully saturated rings. The number of aryl methyl sites for hydroxylation is 1. The Morgan fingerprint density at radius 1 is 1.42 bits per heavy atom. The Hall–Kier alpha value is -1.36. The van der Waals surface area contributed by atoms with E-state index in [1.165, 1.54) is 0 Å². The monoisotopic (exact) mass is 264 g/mol. The number of hydrogen-bond donors (Lipinski definition) is 1. The molecule has 1 unspecified atom stereocenters. The van der Waals surface area contributed by atoms with E-state index in [2.05, 4.69) is 29.0 Å². The minimum Gasteiger partial charge on any atom is -0.380 e. The number of nitrogens with one attached hydrogen (secondary N) is 1. The maximum atomic E-state index is 5.44. The highest BCUT2D eigenvalue weighted by Crippen LogP contribution is 2.27. The number of methoxy groups -OCH3 is 1. The van der Waals surface area contributed by atoms with Crippen LogP contribution in [0.5, 0.6) is 0 Å². The van der Waals surface area contributed by atoms with Gasteiger partial charge in [-0.15, -0.1) is 0 Å². The SMILES string of the molecule is CCCc1nc(NC)c(C)c(N2CCC(OC)C2)n1. The first kappa shape index (κ1) is 14.1. The first-order valence-electron chi connectivity index (χ1n) is 7.02. The molecule has 19 heavy (non-hydrogen) atoms. The Bertz CT molecular complexity index is 436. The van der Waals surface area contributed by atoms with Crippen LogP contribution in [0.1, 0.15) is 31.2 Å². The third-order valence-corrected chi connectivity index (χ3v) is 3.65. The molecule has 5 nitrogen and oxygen atoms in total. The van der Waals surface area contributed by atoms with Crippen LogP contribution in [0, 0.1) is 6.92 Å². The number of rotatable bonds is 5. The van der Waals surface area contributed by atoms with Gasteiger partial charge in [-0.25, -0.2) is 9.97 Å². The molecule has 0 spiro atoms. The van der Waals surface area contributed by atoms with Crippen molar-refractivity contribution in [3.05, 3.63) is 11.4 Å². The van der Waals surface area contributed by atoms with E-state index in [9.17, 15) is 0 Å². The topological polar surface area (TPSA) is 50.3 Å². The summed E-state index contributed by atoms with van der Waals surface area (Å²) in [5.41, 5.74) is 1.12. The molecule has 0 amide bonds. The van der Waals surface area contributed by atoms with Gasteiger partial charge in [0.05, 0.1) is 6.10 Å². The Balaban J connectivity index is 2.30. The lowest BCUT2D eigenvalue weighted by molar-refractivity contribution is 0.121. The van der Waals surface area contributed by atoms with Gasteiger partial charge < -0.3 is 15.0 Å². The van der Waals surface area contributed by atoms with Crippen molar-refractivity contribution in [2.75, 3.05) is 37.5 Å². The lowest BCUT2D eigenvalue weighted by atomic mass is 10.2. The molecule has 1 aromatic heterocycles.